The monoisotopic (exact) mass is 305 g/mol. The van der Waals surface area contributed by atoms with E-state index in [4.69, 9.17) is 4.78 Å². The van der Waals surface area contributed by atoms with Crippen molar-refractivity contribution in [2.24, 2.45) is 0 Å². The highest BCUT2D eigenvalue weighted by atomic mass is 79.9. The van der Waals surface area contributed by atoms with Gasteiger partial charge in [0.2, 0.25) is 0 Å². The third-order valence-corrected chi connectivity index (χ3v) is 5.29. The maximum Gasteiger partial charge on any atom is 0.0632 e. The molecule has 4 nitrogen and oxygen atoms in total. The highest BCUT2D eigenvalue weighted by Crippen LogP contribution is 2.32. The number of rotatable bonds is 2. The van der Waals surface area contributed by atoms with Crippen molar-refractivity contribution in [2.45, 2.75) is 37.0 Å². The highest BCUT2D eigenvalue weighted by molar-refractivity contribution is 9.10. The van der Waals surface area contributed by atoms with E-state index in [0.717, 1.165) is 30.2 Å². The van der Waals surface area contributed by atoms with Gasteiger partial charge in [0.15, 0.2) is 0 Å². The van der Waals surface area contributed by atoms with Gasteiger partial charge in [-0.1, -0.05) is 6.42 Å². The lowest BCUT2D eigenvalue weighted by molar-refractivity contribution is 0.332. The Hall–Kier alpha value is -0.360. The van der Waals surface area contributed by atoms with Crippen LogP contribution in [0.3, 0.4) is 0 Å². The topological polar surface area (TPSA) is 58.7 Å². The normalized spacial score (nSPS) is 29.9. The van der Waals surface area contributed by atoms with Crippen molar-refractivity contribution in [3.8, 4) is 0 Å². The zero-order chi connectivity index (χ0) is 11.8. The average Bonchev–Trinajstić information content (AvgIpc) is 2.64. The van der Waals surface area contributed by atoms with Crippen molar-refractivity contribution < 1.29 is 4.21 Å². The molecule has 0 radical (unpaired) electrons. The molecule has 1 unspecified atom stereocenters. The van der Waals surface area contributed by atoms with Crippen LogP contribution >= 0.6 is 15.9 Å². The van der Waals surface area contributed by atoms with E-state index in [2.05, 4.69) is 21.0 Å². The van der Waals surface area contributed by atoms with Crippen LogP contribution in [-0.2, 0) is 9.73 Å². The van der Waals surface area contributed by atoms with Crippen molar-refractivity contribution in [2.75, 3.05) is 6.26 Å². The molecule has 90 valence electrons. The van der Waals surface area contributed by atoms with Crippen molar-refractivity contribution in [1.82, 2.24) is 9.78 Å². The summed E-state index contributed by atoms with van der Waals surface area (Å²) in [5.74, 6) is 0. The lowest BCUT2D eigenvalue weighted by Gasteiger charge is -2.29. The van der Waals surface area contributed by atoms with Crippen LogP contribution in [0, 0.1) is 4.78 Å². The van der Waals surface area contributed by atoms with Gasteiger partial charge >= 0.3 is 0 Å². The fourth-order valence-electron chi connectivity index (χ4n) is 2.28. The van der Waals surface area contributed by atoms with Gasteiger partial charge in [0.1, 0.15) is 0 Å². The second-order valence-corrected chi connectivity index (χ2v) is 7.88. The first-order valence-corrected chi connectivity index (χ1v) is 8.21. The summed E-state index contributed by atoms with van der Waals surface area (Å²) in [5.41, 5.74) is 0. The summed E-state index contributed by atoms with van der Waals surface area (Å²) in [6.45, 7) is 0. The first-order valence-electron chi connectivity index (χ1n) is 5.39. The van der Waals surface area contributed by atoms with Gasteiger partial charge in [-0.2, -0.15) is 5.10 Å². The molecular weight excluding hydrogens is 290 g/mol. The fraction of sp³-hybridized carbons (Fsp3) is 0.700. The maximum atomic E-state index is 11.8. The van der Waals surface area contributed by atoms with Crippen LogP contribution in [0.1, 0.15) is 31.7 Å². The summed E-state index contributed by atoms with van der Waals surface area (Å²) in [4.78, 5) is 0. The van der Waals surface area contributed by atoms with Crippen molar-refractivity contribution >= 4 is 25.7 Å². The van der Waals surface area contributed by atoms with Gasteiger partial charge in [-0.3, -0.25) is 9.46 Å². The molecular formula is C10H16BrN3OS. The first kappa shape index (κ1) is 12.1. The number of nitrogens with zero attached hydrogens (tertiary/aromatic N) is 2. The predicted molar refractivity (Wildman–Crippen MR) is 68.0 cm³/mol. The van der Waals surface area contributed by atoms with Crippen LogP contribution in [-0.4, -0.2) is 25.5 Å². The van der Waals surface area contributed by atoms with Crippen LogP contribution in [0.5, 0.6) is 0 Å². The Morgan fingerprint density at radius 3 is 2.94 bits per heavy atom. The van der Waals surface area contributed by atoms with Gasteiger partial charge in [0.05, 0.1) is 16.7 Å². The maximum absolute atomic E-state index is 11.8. The van der Waals surface area contributed by atoms with Gasteiger partial charge in [-0.05, 0) is 35.2 Å². The number of nitrogens with one attached hydrogen (secondary N) is 1. The lowest BCUT2D eigenvalue weighted by Crippen LogP contribution is -2.28. The third-order valence-electron chi connectivity index (χ3n) is 3.18. The van der Waals surface area contributed by atoms with E-state index in [9.17, 15) is 4.21 Å². The van der Waals surface area contributed by atoms with E-state index in [1.165, 1.54) is 0 Å². The lowest BCUT2D eigenvalue weighted by atomic mass is 9.95. The fourth-order valence-corrected chi connectivity index (χ4v) is 3.79. The molecule has 1 N–H and O–H groups in total. The van der Waals surface area contributed by atoms with Crippen LogP contribution in [0.4, 0.5) is 0 Å². The molecule has 1 aromatic rings. The minimum absolute atomic E-state index is 0.0224. The molecule has 1 fully saturated rings. The molecule has 0 aromatic carbocycles. The molecule has 6 heteroatoms. The van der Waals surface area contributed by atoms with Crippen molar-refractivity contribution in [3.63, 3.8) is 0 Å². The molecule has 3 atom stereocenters. The summed E-state index contributed by atoms with van der Waals surface area (Å²) < 4.78 is 22.3. The van der Waals surface area contributed by atoms with Gasteiger partial charge < -0.3 is 0 Å². The molecule has 16 heavy (non-hydrogen) atoms. The second-order valence-electron chi connectivity index (χ2n) is 4.48. The molecule has 0 spiro atoms. The highest BCUT2D eigenvalue weighted by Gasteiger charge is 2.28. The third kappa shape index (κ3) is 2.66. The molecule has 0 bridgehead atoms. The number of halogens is 1. The summed E-state index contributed by atoms with van der Waals surface area (Å²) in [6, 6.07) is 0.302. The Labute approximate surface area is 105 Å². The number of aromatic nitrogens is 2. The van der Waals surface area contributed by atoms with E-state index >= 15 is 0 Å². The number of hydrogen-bond donors (Lipinski definition) is 1. The van der Waals surface area contributed by atoms with Crippen LogP contribution in [0.15, 0.2) is 16.9 Å². The average molecular weight is 306 g/mol. The van der Waals surface area contributed by atoms with Crippen molar-refractivity contribution in [1.29, 1.82) is 4.78 Å². The Morgan fingerprint density at radius 2 is 2.38 bits per heavy atom. The van der Waals surface area contributed by atoms with Gasteiger partial charge in [-0.15, -0.1) is 0 Å². The van der Waals surface area contributed by atoms with E-state index in [1.54, 1.807) is 12.5 Å². The predicted octanol–water partition coefficient (Wildman–Crippen LogP) is 2.81. The van der Waals surface area contributed by atoms with Crippen LogP contribution < -0.4 is 0 Å². The van der Waals surface area contributed by atoms with Gasteiger partial charge in [0, 0.05) is 27.4 Å². The SMILES string of the molecule is CS(=N)(=O)[C@@H]1CCC[C@H](n2cc(Br)cn2)C1. The summed E-state index contributed by atoms with van der Waals surface area (Å²) in [6.07, 6.45) is 9.11. The molecule has 1 saturated carbocycles. The molecule has 0 saturated heterocycles. The Balaban J connectivity index is 2.13. The van der Waals surface area contributed by atoms with Crippen molar-refractivity contribution in [3.05, 3.63) is 16.9 Å². The molecule has 0 aliphatic heterocycles. The molecule has 0 amide bonds. The van der Waals surface area contributed by atoms with Gasteiger partial charge in [0.25, 0.3) is 0 Å². The van der Waals surface area contributed by atoms with E-state index in [0.29, 0.717) is 6.04 Å². The summed E-state index contributed by atoms with van der Waals surface area (Å²) in [5, 5.41) is 4.29. The largest absolute Gasteiger partial charge is 0.268 e. The Kier molecular flexibility index (Phi) is 3.39. The van der Waals surface area contributed by atoms with E-state index in [1.807, 2.05) is 10.9 Å². The standard InChI is InChI=1S/C10H16BrN3OS/c1-16(12,15)10-4-2-3-9(5-10)14-7-8(11)6-13-14/h6-7,9-10,12H,2-5H2,1H3/t9-,10+,16?/m0/s1. The van der Waals surface area contributed by atoms with Crippen LogP contribution in [0.2, 0.25) is 0 Å². The molecule has 2 rings (SSSR count). The number of hydrogen-bond acceptors (Lipinski definition) is 3. The molecule has 1 aromatic heterocycles. The quantitative estimate of drug-likeness (QED) is 0.913. The smallest absolute Gasteiger partial charge is 0.0632 e. The Bertz CT molecular complexity index is 468. The molecule has 1 heterocycles. The van der Waals surface area contributed by atoms with E-state index < -0.39 is 9.73 Å². The van der Waals surface area contributed by atoms with E-state index in [-0.39, 0.29) is 5.25 Å². The zero-order valence-electron chi connectivity index (χ0n) is 9.23. The molecule has 1 aliphatic rings. The zero-order valence-corrected chi connectivity index (χ0v) is 11.6. The minimum atomic E-state index is -2.41. The summed E-state index contributed by atoms with van der Waals surface area (Å²) in [7, 11) is -2.41. The minimum Gasteiger partial charge on any atom is -0.268 e. The molecule has 1 aliphatic carbocycles. The second kappa shape index (κ2) is 4.49. The Morgan fingerprint density at radius 1 is 1.62 bits per heavy atom. The first-order chi connectivity index (χ1) is 7.47. The van der Waals surface area contributed by atoms with Crippen LogP contribution in [0.25, 0.3) is 0 Å². The van der Waals surface area contributed by atoms with Gasteiger partial charge in [-0.25, -0.2) is 4.21 Å². The summed E-state index contributed by atoms with van der Waals surface area (Å²) >= 11 is 3.38.